The number of aryl methyl sites for hydroxylation is 1. The lowest BCUT2D eigenvalue weighted by atomic mass is 10.2. The normalized spacial score (nSPS) is 13.6. The molecule has 0 fully saturated rings. The van der Waals surface area contributed by atoms with Crippen molar-refractivity contribution in [2.24, 2.45) is 0 Å². The summed E-state index contributed by atoms with van der Waals surface area (Å²) in [5.74, 6) is 0. The van der Waals surface area contributed by atoms with Crippen molar-refractivity contribution in [3.05, 3.63) is 90.5 Å². The zero-order valence-electron chi connectivity index (χ0n) is 20.2. The van der Waals surface area contributed by atoms with Gasteiger partial charge in [0.2, 0.25) is 0 Å². The Morgan fingerprint density at radius 1 is 0.853 bits per heavy atom. The number of alkyl halides is 1. The Kier molecular flexibility index (Phi) is 8.92. The van der Waals surface area contributed by atoms with Crippen LogP contribution in [0.5, 0.6) is 0 Å². The van der Waals surface area contributed by atoms with Crippen molar-refractivity contribution in [1.82, 2.24) is 0 Å². The molecule has 0 unspecified atom stereocenters. The van der Waals surface area contributed by atoms with E-state index in [1.807, 2.05) is 43.3 Å². The van der Waals surface area contributed by atoms with E-state index in [1.54, 1.807) is 24.3 Å². The molecule has 0 aliphatic rings. The van der Waals surface area contributed by atoms with Crippen LogP contribution >= 0.6 is 15.9 Å². The van der Waals surface area contributed by atoms with Crippen LogP contribution in [0, 0.1) is 6.92 Å². The van der Waals surface area contributed by atoms with Crippen molar-refractivity contribution < 1.29 is 17.0 Å². The van der Waals surface area contributed by atoms with Gasteiger partial charge in [0.25, 0.3) is 18.4 Å². The molecule has 0 radical (unpaired) electrons. The third-order valence-electron chi connectivity index (χ3n) is 5.91. The second kappa shape index (κ2) is 11.3. The van der Waals surface area contributed by atoms with Gasteiger partial charge in [-0.2, -0.15) is 8.42 Å². The Hall–Kier alpha value is -1.77. The standard InChI is InChI=1S/C27H33BrO4SSi/c1-22-15-17-24(18-16-22)33(29,30)31-21-23(19-20-28)32-34(27(2,3)4,25-11-7-5-8-12-25)26-13-9-6-10-14-26/h5-18,23H,19-21H2,1-4H3/t23-/m0/s1. The molecule has 4 nitrogen and oxygen atoms in total. The number of benzene rings is 3. The molecule has 0 bridgehead atoms. The first kappa shape index (κ1) is 26.8. The van der Waals surface area contributed by atoms with Gasteiger partial charge in [0.05, 0.1) is 17.6 Å². The number of hydrogen-bond acceptors (Lipinski definition) is 4. The summed E-state index contributed by atoms with van der Waals surface area (Å²) in [6.07, 6.45) is 0.208. The fraction of sp³-hybridized carbons (Fsp3) is 0.333. The van der Waals surface area contributed by atoms with E-state index in [2.05, 4.69) is 61.0 Å². The molecule has 0 saturated carbocycles. The van der Waals surface area contributed by atoms with Gasteiger partial charge < -0.3 is 4.43 Å². The number of rotatable bonds is 10. The van der Waals surface area contributed by atoms with E-state index in [0.717, 1.165) is 15.9 Å². The Labute approximate surface area is 213 Å². The Morgan fingerprint density at radius 3 is 1.79 bits per heavy atom. The van der Waals surface area contributed by atoms with Crippen LogP contribution in [-0.4, -0.2) is 34.8 Å². The minimum absolute atomic E-state index is 0.0493. The molecule has 0 aliphatic heterocycles. The van der Waals surface area contributed by atoms with Crippen LogP contribution in [0.25, 0.3) is 0 Å². The largest absolute Gasteiger partial charge is 0.402 e. The summed E-state index contributed by atoms with van der Waals surface area (Å²) in [5.41, 5.74) is 0.992. The maximum Gasteiger partial charge on any atom is 0.297 e. The maximum absolute atomic E-state index is 12.9. The van der Waals surface area contributed by atoms with Gasteiger partial charge in [-0.15, -0.1) is 0 Å². The average molecular weight is 562 g/mol. The van der Waals surface area contributed by atoms with Crippen LogP contribution in [0.15, 0.2) is 89.8 Å². The van der Waals surface area contributed by atoms with Crippen LogP contribution in [0.1, 0.15) is 32.8 Å². The minimum atomic E-state index is -3.89. The van der Waals surface area contributed by atoms with E-state index in [4.69, 9.17) is 8.61 Å². The van der Waals surface area contributed by atoms with Gasteiger partial charge in [-0.05, 0) is 40.9 Å². The first-order valence-electron chi connectivity index (χ1n) is 11.4. The van der Waals surface area contributed by atoms with Gasteiger partial charge in [0.15, 0.2) is 0 Å². The predicted octanol–water partition coefficient (Wildman–Crippen LogP) is 5.43. The zero-order valence-corrected chi connectivity index (χ0v) is 23.6. The summed E-state index contributed by atoms with van der Waals surface area (Å²) in [7, 11) is -6.72. The van der Waals surface area contributed by atoms with E-state index >= 15 is 0 Å². The molecule has 0 amide bonds. The van der Waals surface area contributed by atoms with Crippen LogP contribution in [0.2, 0.25) is 5.04 Å². The van der Waals surface area contributed by atoms with Gasteiger partial charge in [-0.1, -0.05) is 115 Å². The number of hydrogen-bond donors (Lipinski definition) is 0. The molecule has 0 aliphatic carbocycles. The summed E-state index contributed by atoms with van der Waals surface area (Å²) in [6.45, 7) is 8.48. The molecule has 0 aromatic heterocycles. The zero-order chi connectivity index (χ0) is 24.8. The van der Waals surface area contributed by atoms with Crippen molar-refractivity contribution in [3.63, 3.8) is 0 Å². The summed E-state index contributed by atoms with van der Waals surface area (Å²) < 4.78 is 38.4. The van der Waals surface area contributed by atoms with E-state index < -0.39 is 24.5 Å². The van der Waals surface area contributed by atoms with Crippen molar-refractivity contribution in [2.45, 2.75) is 50.2 Å². The Morgan fingerprint density at radius 2 is 1.35 bits per heavy atom. The third kappa shape index (κ3) is 6.07. The van der Waals surface area contributed by atoms with Gasteiger partial charge in [0.1, 0.15) is 0 Å². The Bertz CT molecular complexity index is 1110. The molecular weight excluding hydrogens is 528 g/mol. The van der Waals surface area contributed by atoms with Gasteiger partial charge in [-0.25, -0.2) is 0 Å². The highest BCUT2D eigenvalue weighted by molar-refractivity contribution is 9.09. The monoisotopic (exact) mass is 560 g/mol. The fourth-order valence-electron chi connectivity index (χ4n) is 4.18. The molecule has 1 atom stereocenters. The molecule has 0 spiro atoms. The first-order valence-corrected chi connectivity index (χ1v) is 15.8. The molecule has 34 heavy (non-hydrogen) atoms. The van der Waals surface area contributed by atoms with Crippen molar-refractivity contribution in [2.75, 3.05) is 11.9 Å². The fourth-order valence-corrected chi connectivity index (χ4v) is 10.3. The molecule has 0 N–H and O–H groups in total. The van der Waals surface area contributed by atoms with E-state index in [-0.39, 0.29) is 16.5 Å². The third-order valence-corrected chi connectivity index (χ3v) is 12.8. The molecule has 0 saturated heterocycles. The molecule has 182 valence electrons. The van der Waals surface area contributed by atoms with Crippen LogP contribution in [-0.2, 0) is 18.7 Å². The first-order chi connectivity index (χ1) is 16.1. The molecule has 3 aromatic rings. The predicted molar refractivity (Wildman–Crippen MR) is 145 cm³/mol. The van der Waals surface area contributed by atoms with Crippen LogP contribution < -0.4 is 10.4 Å². The lowest BCUT2D eigenvalue weighted by molar-refractivity contribution is 0.120. The van der Waals surface area contributed by atoms with E-state index in [9.17, 15) is 8.42 Å². The summed E-state index contributed by atoms with van der Waals surface area (Å²) in [4.78, 5) is 0.154. The smallest absolute Gasteiger partial charge is 0.297 e. The lowest BCUT2D eigenvalue weighted by Crippen LogP contribution is -2.68. The second-order valence-corrected chi connectivity index (χ2v) is 16.1. The van der Waals surface area contributed by atoms with Gasteiger partial charge in [0, 0.05) is 5.33 Å². The van der Waals surface area contributed by atoms with Crippen LogP contribution in [0.4, 0.5) is 0 Å². The highest BCUT2D eigenvalue weighted by Gasteiger charge is 2.51. The lowest BCUT2D eigenvalue weighted by Gasteiger charge is -2.45. The Balaban J connectivity index is 1.99. The molecule has 3 aromatic carbocycles. The van der Waals surface area contributed by atoms with E-state index in [1.165, 1.54) is 0 Å². The molecular formula is C27H33BrO4SSi. The number of halogens is 1. The minimum Gasteiger partial charge on any atom is -0.402 e. The van der Waals surface area contributed by atoms with Crippen molar-refractivity contribution in [1.29, 1.82) is 0 Å². The SMILES string of the molecule is Cc1ccc(S(=O)(=O)OC[C@H](CCBr)O[Si](c2ccccc2)(c2ccccc2)C(C)(C)C)cc1. The summed E-state index contributed by atoms with van der Waals surface area (Å²) >= 11 is 3.52. The molecule has 3 rings (SSSR count). The highest BCUT2D eigenvalue weighted by atomic mass is 79.9. The average Bonchev–Trinajstić information content (AvgIpc) is 2.81. The summed E-state index contributed by atoms with van der Waals surface area (Å²) in [5, 5.41) is 2.75. The van der Waals surface area contributed by atoms with E-state index in [0.29, 0.717) is 11.8 Å². The van der Waals surface area contributed by atoms with Gasteiger partial charge >= 0.3 is 0 Å². The topological polar surface area (TPSA) is 52.6 Å². The van der Waals surface area contributed by atoms with Crippen molar-refractivity contribution >= 4 is 44.7 Å². The quantitative estimate of drug-likeness (QED) is 0.188. The maximum atomic E-state index is 12.9. The second-order valence-electron chi connectivity index (χ2n) is 9.43. The van der Waals surface area contributed by atoms with Crippen molar-refractivity contribution in [3.8, 4) is 0 Å². The molecule has 0 heterocycles. The summed E-state index contributed by atoms with van der Waals surface area (Å²) in [6, 6.07) is 27.3. The van der Waals surface area contributed by atoms with Gasteiger partial charge in [-0.3, -0.25) is 4.18 Å². The molecule has 7 heteroatoms. The van der Waals surface area contributed by atoms with Crippen LogP contribution in [0.3, 0.4) is 0 Å². The highest BCUT2D eigenvalue weighted by Crippen LogP contribution is 2.38.